The largest absolute Gasteiger partial charge is 0.507 e. The normalized spacial score (nSPS) is 18.3. The Kier molecular flexibility index (Phi) is 5.91. The number of hydrazone groups is 2. The average Bonchev–Trinajstić information content (AvgIpc) is 2.89. The molecule has 0 aliphatic carbocycles. The first-order valence-corrected chi connectivity index (χ1v) is 13.0. The van der Waals surface area contributed by atoms with Gasteiger partial charge in [-0.3, -0.25) is 0 Å². The number of phenols is 2. The molecule has 0 unspecified atom stereocenters. The number of carbonyl (C=O) groups excluding carboxylic acids is 1. The van der Waals surface area contributed by atoms with Crippen molar-refractivity contribution in [3.63, 3.8) is 0 Å². The van der Waals surface area contributed by atoms with Crippen LogP contribution in [0.2, 0.25) is 0 Å². The Balaban J connectivity index is 1.12. The summed E-state index contributed by atoms with van der Waals surface area (Å²) in [5, 5.41) is 29.6. The van der Waals surface area contributed by atoms with Crippen molar-refractivity contribution in [2.24, 2.45) is 10.2 Å². The Bertz CT molecular complexity index is 1170. The lowest BCUT2D eigenvalue weighted by Crippen LogP contribution is -2.34. The molecule has 0 atom stereocenters. The number of aryl methyl sites for hydroxylation is 2. The van der Waals surface area contributed by atoms with E-state index in [-0.39, 0.29) is 11.5 Å². The van der Waals surface area contributed by atoms with Gasteiger partial charge in [0.05, 0.1) is 12.4 Å². The Labute approximate surface area is 210 Å². The van der Waals surface area contributed by atoms with Gasteiger partial charge in [-0.2, -0.15) is 10.2 Å². The molecule has 9 heteroatoms. The zero-order valence-electron chi connectivity index (χ0n) is 20.4. The van der Waals surface area contributed by atoms with E-state index in [9.17, 15) is 15.0 Å². The van der Waals surface area contributed by atoms with E-state index in [1.54, 1.807) is 0 Å². The quantitative estimate of drug-likeness (QED) is 0.390. The molecule has 4 heterocycles. The second-order valence-electron chi connectivity index (χ2n) is 10.1. The van der Waals surface area contributed by atoms with E-state index in [1.165, 1.54) is 34.9 Å². The van der Waals surface area contributed by atoms with Crippen molar-refractivity contribution in [1.82, 2.24) is 10.9 Å². The number of phenolic OH excluding ortho intramolecular Hbond substituents is 2. The second-order valence-corrected chi connectivity index (χ2v) is 10.1. The van der Waals surface area contributed by atoms with Crippen LogP contribution in [0, 0.1) is 0 Å². The van der Waals surface area contributed by atoms with Crippen LogP contribution in [-0.2, 0) is 25.7 Å². The van der Waals surface area contributed by atoms with Crippen LogP contribution in [0.25, 0.3) is 0 Å². The van der Waals surface area contributed by atoms with Gasteiger partial charge < -0.3 is 20.0 Å². The molecule has 0 fully saturated rings. The molecule has 2 amide bonds. The predicted molar refractivity (Wildman–Crippen MR) is 141 cm³/mol. The number of urea groups is 1. The zero-order chi connectivity index (χ0) is 24.6. The molecule has 0 bridgehead atoms. The minimum atomic E-state index is -0.600. The van der Waals surface area contributed by atoms with Gasteiger partial charge >= 0.3 is 6.03 Å². The third-order valence-corrected chi connectivity index (χ3v) is 7.79. The molecule has 9 nitrogen and oxygen atoms in total. The summed E-state index contributed by atoms with van der Waals surface area (Å²) in [7, 11) is 0. The van der Waals surface area contributed by atoms with Crippen molar-refractivity contribution in [2.45, 2.75) is 51.4 Å². The maximum atomic E-state index is 12.2. The van der Waals surface area contributed by atoms with Gasteiger partial charge in [0.15, 0.2) is 0 Å². The summed E-state index contributed by atoms with van der Waals surface area (Å²) in [4.78, 5) is 17.0. The van der Waals surface area contributed by atoms with Gasteiger partial charge in [0, 0.05) is 59.8 Å². The van der Waals surface area contributed by atoms with Crippen molar-refractivity contribution < 1.29 is 15.0 Å². The van der Waals surface area contributed by atoms with Gasteiger partial charge in [-0.15, -0.1) is 0 Å². The number of rotatable bonds is 4. The van der Waals surface area contributed by atoms with Crippen molar-refractivity contribution in [3.05, 3.63) is 45.5 Å². The third kappa shape index (κ3) is 4.02. The average molecular weight is 489 g/mol. The van der Waals surface area contributed by atoms with E-state index in [0.717, 1.165) is 88.7 Å². The molecule has 0 radical (unpaired) electrons. The summed E-state index contributed by atoms with van der Waals surface area (Å²) in [5.41, 5.74) is 12.8. The Hall–Kier alpha value is -3.75. The van der Waals surface area contributed by atoms with Gasteiger partial charge in [-0.1, -0.05) is 0 Å². The summed E-state index contributed by atoms with van der Waals surface area (Å²) >= 11 is 0. The summed E-state index contributed by atoms with van der Waals surface area (Å²) in [6, 6.07) is 3.34. The van der Waals surface area contributed by atoms with E-state index in [1.807, 2.05) is 12.1 Å². The van der Waals surface area contributed by atoms with Crippen molar-refractivity contribution in [3.8, 4) is 11.5 Å². The van der Waals surface area contributed by atoms with Gasteiger partial charge in [0.2, 0.25) is 0 Å². The molecule has 6 rings (SSSR count). The molecule has 0 spiro atoms. The lowest BCUT2D eigenvalue weighted by molar-refractivity contribution is 0.242. The first-order valence-electron chi connectivity index (χ1n) is 13.0. The summed E-state index contributed by atoms with van der Waals surface area (Å²) in [6.07, 6.45) is 10.9. The van der Waals surface area contributed by atoms with Crippen LogP contribution in [0.4, 0.5) is 16.2 Å². The summed E-state index contributed by atoms with van der Waals surface area (Å²) in [5.74, 6) is 0.490. The lowest BCUT2D eigenvalue weighted by atomic mass is 9.89. The molecule has 0 saturated carbocycles. The molecule has 0 aromatic heterocycles. The third-order valence-electron chi connectivity index (χ3n) is 7.79. The lowest BCUT2D eigenvalue weighted by Gasteiger charge is -2.37. The summed E-state index contributed by atoms with van der Waals surface area (Å²) in [6.45, 7) is 4.16. The Morgan fingerprint density at radius 1 is 0.722 bits per heavy atom. The Morgan fingerprint density at radius 2 is 1.14 bits per heavy atom. The number of carbonyl (C=O) groups is 1. The highest BCUT2D eigenvalue weighted by molar-refractivity contribution is 5.90. The minimum absolute atomic E-state index is 0.245. The van der Waals surface area contributed by atoms with E-state index in [4.69, 9.17) is 0 Å². The van der Waals surface area contributed by atoms with Gasteiger partial charge in [0.25, 0.3) is 0 Å². The summed E-state index contributed by atoms with van der Waals surface area (Å²) < 4.78 is 0. The van der Waals surface area contributed by atoms with Crippen LogP contribution < -0.4 is 20.7 Å². The number of aromatic hydroxyl groups is 2. The molecular formula is C27H32N6O3. The smallest absolute Gasteiger partial charge is 0.355 e. The highest BCUT2D eigenvalue weighted by atomic mass is 16.3. The van der Waals surface area contributed by atoms with Crippen molar-refractivity contribution >= 4 is 29.8 Å². The van der Waals surface area contributed by atoms with Crippen molar-refractivity contribution in [1.29, 1.82) is 0 Å². The number of nitrogens with zero attached hydrogens (tertiary/aromatic N) is 4. The molecule has 188 valence electrons. The maximum Gasteiger partial charge on any atom is 0.355 e. The topological polar surface area (TPSA) is 113 Å². The SMILES string of the molecule is O=C(NN=Cc1cc2c3c(c1O)CCCN3CCC2)NN=Cc1cc2c3c(c1O)CCCN3CCC2. The van der Waals surface area contributed by atoms with Crippen LogP contribution in [0.3, 0.4) is 0 Å². The highest BCUT2D eigenvalue weighted by Gasteiger charge is 2.28. The highest BCUT2D eigenvalue weighted by Crippen LogP contribution is 2.42. The monoisotopic (exact) mass is 488 g/mol. The molecule has 4 aliphatic heterocycles. The Morgan fingerprint density at radius 3 is 1.58 bits per heavy atom. The van der Waals surface area contributed by atoms with E-state index in [0.29, 0.717) is 11.1 Å². The number of hydrogen-bond donors (Lipinski definition) is 4. The number of nitrogens with one attached hydrogen (secondary N) is 2. The van der Waals surface area contributed by atoms with E-state index in [2.05, 4.69) is 30.9 Å². The number of benzene rings is 2. The molecule has 36 heavy (non-hydrogen) atoms. The van der Waals surface area contributed by atoms with Crippen LogP contribution in [0.5, 0.6) is 11.5 Å². The fourth-order valence-corrected chi connectivity index (χ4v) is 6.28. The molecule has 2 aromatic carbocycles. The standard InChI is InChI=1S/C27H32N6O3/c34-25-19(13-17-5-1-9-32-11-3-7-21(25)23(17)32)15-28-30-27(36)31-29-16-20-14-18-6-2-10-33-12-4-8-22(24(18)33)26(20)35/h13-16,34-35H,1-12H2,(H2,30,31,36). The fourth-order valence-electron chi connectivity index (χ4n) is 6.28. The minimum Gasteiger partial charge on any atom is -0.507 e. The first-order chi connectivity index (χ1) is 17.6. The number of anilines is 2. The van der Waals surface area contributed by atoms with E-state index < -0.39 is 6.03 Å². The van der Waals surface area contributed by atoms with Crippen LogP contribution in [0.15, 0.2) is 22.3 Å². The van der Waals surface area contributed by atoms with Gasteiger partial charge in [-0.05, 0) is 74.6 Å². The molecule has 4 N–H and O–H groups in total. The molecular weight excluding hydrogens is 456 g/mol. The number of amides is 2. The van der Waals surface area contributed by atoms with Crippen molar-refractivity contribution in [2.75, 3.05) is 36.0 Å². The van der Waals surface area contributed by atoms with Crippen LogP contribution in [0.1, 0.15) is 59.1 Å². The molecule has 0 saturated heterocycles. The van der Waals surface area contributed by atoms with Crippen LogP contribution >= 0.6 is 0 Å². The predicted octanol–water partition coefficient (Wildman–Crippen LogP) is 3.16. The van der Waals surface area contributed by atoms with Crippen LogP contribution in [-0.4, -0.2) is 54.9 Å². The molecule has 4 aliphatic rings. The molecule has 2 aromatic rings. The van der Waals surface area contributed by atoms with E-state index >= 15 is 0 Å². The maximum absolute atomic E-state index is 12.2. The number of hydrogen-bond acceptors (Lipinski definition) is 7. The second kappa shape index (κ2) is 9.37. The van der Waals surface area contributed by atoms with Gasteiger partial charge in [0.1, 0.15) is 11.5 Å². The fraction of sp³-hybridized carbons (Fsp3) is 0.444. The zero-order valence-corrected chi connectivity index (χ0v) is 20.4. The first kappa shape index (κ1) is 22.7. The van der Waals surface area contributed by atoms with Gasteiger partial charge in [-0.25, -0.2) is 15.6 Å².